The van der Waals surface area contributed by atoms with Crippen LogP contribution in [-0.4, -0.2) is 36.4 Å². The summed E-state index contributed by atoms with van der Waals surface area (Å²) in [6.07, 6.45) is 0.470. The Morgan fingerprint density at radius 2 is 1.09 bits per heavy atom. The summed E-state index contributed by atoms with van der Waals surface area (Å²) in [5.41, 5.74) is 3.15. The van der Waals surface area contributed by atoms with Gasteiger partial charge in [-0.15, -0.1) is 0 Å². The minimum absolute atomic E-state index is 0.112. The zero-order chi connectivity index (χ0) is 24.6. The monoisotopic (exact) mass is 438 g/mol. The first kappa shape index (κ1) is 30.5. The van der Waals surface area contributed by atoms with E-state index in [0.717, 1.165) is 18.2 Å². The second-order valence-electron chi connectivity index (χ2n) is 5.95. The number of hydrogen-bond acceptors (Lipinski definition) is 4. The van der Waals surface area contributed by atoms with Gasteiger partial charge in [-0.2, -0.15) is 0 Å². The molecule has 170 valence electrons. The number of hydrogen-bond donors (Lipinski definition) is 2. The molecular weight excluding hydrogens is 408 g/mol. The predicted octanol–water partition coefficient (Wildman–Crippen LogP) is 4.28. The Bertz CT molecular complexity index is 847. The van der Waals surface area contributed by atoms with E-state index in [-0.39, 0.29) is 12.4 Å². The summed E-state index contributed by atoms with van der Waals surface area (Å²) in [7, 11) is 2.39. The first-order valence-electron chi connectivity index (χ1n) is 9.54. The number of aliphatic hydroxyl groups excluding tert-OH is 1. The summed E-state index contributed by atoms with van der Waals surface area (Å²) in [4.78, 5) is 20.9. The molecule has 0 radical (unpaired) electrons. The topological polar surface area (TPSA) is 104 Å². The van der Waals surface area contributed by atoms with Crippen LogP contribution in [0.1, 0.15) is 16.7 Å². The number of carboxylic acids is 1. The zero-order valence-electron chi connectivity index (χ0n) is 18.6. The van der Waals surface area contributed by atoms with E-state index in [1.54, 1.807) is 12.1 Å². The number of ether oxygens (including phenoxy) is 1. The fraction of sp³-hybridized carbons (Fsp3) is 0.192. The van der Waals surface area contributed by atoms with Crippen molar-refractivity contribution in [3.05, 3.63) is 114 Å². The molecule has 0 heterocycles. The molecule has 0 aliphatic rings. The summed E-state index contributed by atoms with van der Waals surface area (Å²) in [6.45, 7) is 6.58. The van der Waals surface area contributed by atoms with Crippen LogP contribution in [0.25, 0.3) is 0 Å². The second kappa shape index (κ2) is 22.0. The van der Waals surface area contributed by atoms with Crippen LogP contribution >= 0.6 is 0 Å². The Labute approximate surface area is 189 Å². The molecule has 0 amide bonds. The van der Waals surface area contributed by atoms with E-state index in [4.69, 9.17) is 14.9 Å². The molecule has 0 aliphatic heterocycles. The van der Waals surface area contributed by atoms with Crippen molar-refractivity contribution in [3.63, 3.8) is 0 Å². The molecule has 0 bridgehead atoms. The Morgan fingerprint density at radius 1 is 0.750 bits per heavy atom. The van der Waals surface area contributed by atoms with E-state index in [1.807, 2.05) is 66.7 Å². The van der Waals surface area contributed by atoms with Gasteiger partial charge in [-0.25, -0.2) is 0 Å². The number of aryl methyl sites for hydroxylation is 1. The van der Waals surface area contributed by atoms with E-state index < -0.39 is 5.97 Å². The Kier molecular flexibility index (Phi) is 21.0. The molecule has 32 heavy (non-hydrogen) atoms. The first-order chi connectivity index (χ1) is 15.5. The van der Waals surface area contributed by atoms with E-state index in [1.165, 1.54) is 12.7 Å². The quantitative estimate of drug-likeness (QED) is 0.359. The summed E-state index contributed by atoms with van der Waals surface area (Å²) in [5.74, 6) is -0.984. The number of esters is 1. The number of carboxylic acid groups (broad SMARTS) is 1. The molecule has 0 unspecified atom stereocenters. The SMILES string of the molecule is CO.COC(=O)Cc1ccccc1.Cc1ccccc1.O=C(O)Cc1ccccc1.[C-]#[O+]. The van der Waals surface area contributed by atoms with Crippen molar-refractivity contribution in [3.8, 4) is 0 Å². The summed E-state index contributed by atoms with van der Waals surface area (Å²) < 4.78 is 12.0. The van der Waals surface area contributed by atoms with Crippen LogP contribution < -0.4 is 0 Å². The first-order valence-corrected chi connectivity index (χ1v) is 9.54. The number of benzene rings is 3. The Balaban J connectivity index is 0. The van der Waals surface area contributed by atoms with Gasteiger partial charge in [-0.05, 0) is 18.1 Å². The van der Waals surface area contributed by atoms with E-state index in [2.05, 4.69) is 30.4 Å². The maximum atomic E-state index is 10.8. The maximum absolute atomic E-state index is 10.8. The fourth-order valence-electron chi connectivity index (χ4n) is 2.14. The van der Waals surface area contributed by atoms with E-state index >= 15 is 0 Å². The van der Waals surface area contributed by atoms with Gasteiger partial charge in [0.15, 0.2) is 0 Å². The minimum atomic E-state index is -0.786. The summed E-state index contributed by atoms with van der Waals surface area (Å²) in [6, 6.07) is 28.9. The number of aliphatic hydroxyl groups is 1. The predicted molar refractivity (Wildman–Crippen MR) is 123 cm³/mol. The third-order valence-electron chi connectivity index (χ3n) is 3.56. The van der Waals surface area contributed by atoms with Crippen molar-refractivity contribution in [2.45, 2.75) is 19.8 Å². The van der Waals surface area contributed by atoms with Crippen LogP contribution in [-0.2, 0) is 31.8 Å². The van der Waals surface area contributed by atoms with Gasteiger partial charge >= 0.3 is 23.2 Å². The molecule has 6 heteroatoms. The van der Waals surface area contributed by atoms with Crippen LogP contribution in [0.5, 0.6) is 0 Å². The van der Waals surface area contributed by atoms with E-state index in [9.17, 15) is 9.59 Å². The third-order valence-corrected chi connectivity index (χ3v) is 3.56. The van der Waals surface area contributed by atoms with Gasteiger partial charge in [-0.1, -0.05) is 96.6 Å². The van der Waals surface area contributed by atoms with Gasteiger partial charge in [0.2, 0.25) is 0 Å². The molecule has 3 aromatic carbocycles. The molecule has 0 saturated carbocycles. The standard InChI is InChI=1S/C9H10O2.C8H8O2.C7H8.CH4O.CO/c1-11-9(10)7-8-5-3-2-4-6-8;9-8(10)6-7-4-2-1-3-5-7;1-7-5-3-2-4-6-7;2*1-2/h2-6H,7H2,1H3;1-5H,6H2,(H,9,10);2-6H,1H3;2H,1H3;. The second-order valence-corrected chi connectivity index (χ2v) is 5.95. The number of aliphatic carboxylic acids is 1. The number of carbonyl (C=O) groups is 2. The van der Waals surface area contributed by atoms with Crippen molar-refractivity contribution in [1.82, 2.24) is 0 Å². The number of methoxy groups -OCH3 is 1. The van der Waals surface area contributed by atoms with Crippen LogP contribution in [0.15, 0.2) is 91.0 Å². The van der Waals surface area contributed by atoms with Crippen molar-refractivity contribution < 1.29 is 29.2 Å². The number of rotatable bonds is 4. The molecule has 3 aromatic rings. The summed E-state index contributed by atoms with van der Waals surface area (Å²) in [5, 5.41) is 15.4. The van der Waals surface area contributed by atoms with Crippen LogP contribution in [0.3, 0.4) is 0 Å². The average Bonchev–Trinajstić information content (AvgIpc) is 2.84. The van der Waals surface area contributed by atoms with Gasteiger partial charge < -0.3 is 14.9 Å². The van der Waals surface area contributed by atoms with Crippen molar-refractivity contribution in [1.29, 1.82) is 0 Å². The van der Waals surface area contributed by atoms with Crippen molar-refractivity contribution in [2.75, 3.05) is 14.2 Å². The molecule has 0 spiro atoms. The average molecular weight is 439 g/mol. The van der Waals surface area contributed by atoms with Gasteiger partial charge in [0.25, 0.3) is 0 Å². The van der Waals surface area contributed by atoms with Crippen LogP contribution in [0.4, 0.5) is 0 Å². The third kappa shape index (κ3) is 18.3. The molecule has 2 N–H and O–H groups in total. The van der Waals surface area contributed by atoms with Crippen molar-refractivity contribution >= 4 is 11.9 Å². The Morgan fingerprint density at radius 3 is 1.38 bits per heavy atom. The van der Waals surface area contributed by atoms with Gasteiger partial charge in [-0.3, -0.25) is 9.59 Å². The molecule has 6 nitrogen and oxygen atoms in total. The normalized spacial score (nSPS) is 8.19. The fourth-order valence-corrected chi connectivity index (χ4v) is 2.14. The zero-order valence-corrected chi connectivity index (χ0v) is 18.6. The van der Waals surface area contributed by atoms with E-state index in [0.29, 0.717) is 6.42 Å². The van der Waals surface area contributed by atoms with Gasteiger partial charge in [0.05, 0.1) is 20.0 Å². The molecule has 0 fully saturated rings. The molecule has 3 rings (SSSR count). The molecule has 0 atom stereocenters. The van der Waals surface area contributed by atoms with Gasteiger partial charge in [0.1, 0.15) is 0 Å². The van der Waals surface area contributed by atoms with Crippen molar-refractivity contribution in [2.24, 2.45) is 0 Å². The van der Waals surface area contributed by atoms with Crippen LogP contribution in [0.2, 0.25) is 0 Å². The van der Waals surface area contributed by atoms with Crippen LogP contribution in [0, 0.1) is 13.6 Å². The van der Waals surface area contributed by atoms with Gasteiger partial charge in [0, 0.05) is 7.11 Å². The molecule has 0 saturated heterocycles. The number of carbonyl (C=O) groups excluding carboxylic acids is 1. The summed E-state index contributed by atoms with van der Waals surface area (Å²) >= 11 is 0. The molecule has 0 aliphatic carbocycles. The molecule has 0 aromatic heterocycles. The Hall–Kier alpha value is -3.70. The molecular formula is C26H30O6.